The molecule has 1 spiro atoms. The normalized spacial score (nSPS) is 30.4. The fourth-order valence-electron chi connectivity index (χ4n) is 16.9. The second-order valence-corrected chi connectivity index (χ2v) is 24.6. The Morgan fingerprint density at radius 1 is 0.846 bits per heavy atom. The highest BCUT2D eigenvalue weighted by Crippen LogP contribution is 2.72. The molecule has 10 nitrogen and oxygen atoms in total. The van der Waals surface area contributed by atoms with Gasteiger partial charge in [0, 0.05) is 36.8 Å². The van der Waals surface area contributed by atoms with Gasteiger partial charge in [0.1, 0.15) is 17.3 Å². The number of cyclic esters (lactones) is 1. The number of aliphatic hydroxyl groups is 2. The van der Waals surface area contributed by atoms with E-state index in [-0.39, 0.29) is 66.2 Å². The van der Waals surface area contributed by atoms with E-state index < -0.39 is 5.41 Å². The predicted octanol–water partition coefficient (Wildman–Crippen LogP) is 11.2. The Morgan fingerprint density at radius 3 is 2.55 bits per heavy atom. The first-order valence-corrected chi connectivity index (χ1v) is 29.9. The van der Waals surface area contributed by atoms with Gasteiger partial charge in [-0.15, -0.1) is 0 Å². The molecule has 4 fully saturated rings. The van der Waals surface area contributed by atoms with Gasteiger partial charge in [0.15, 0.2) is 0 Å². The number of allylic oxidation sites excluding steroid dienone is 5. The predicted molar refractivity (Wildman–Crippen MR) is 305 cm³/mol. The van der Waals surface area contributed by atoms with Crippen LogP contribution >= 0.6 is 0 Å². The van der Waals surface area contributed by atoms with Gasteiger partial charge in [0.25, 0.3) is 0 Å². The van der Waals surface area contributed by atoms with Crippen molar-refractivity contribution >= 4 is 17.5 Å². The SMILES string of the molecule is CC[C@H](/C=C1\OC(=O)C2=C3c4cc(O)ccc4-c4cccc(c4)CNCCc4ccc(CCCO)c(c4)C[C@@H]4C[C@]([C@@H]5CCN[C@H](NC)C5)(CC=C5OC(=O)C6=C5CC[C@H]5[C@H]3CC[C@@]21[C@@H]65)C[C@H]4CCCO)Cc1ccccc1. The van der Waals surface area contributed by atoms with Crippen LogP contribution in [0.4, 0.5) is 0 Å². The number of aromatic hydroxyl groups is 1. The summed E-state index contributed by atoms with van der Waals surface area (Å²) in [6.07, 6.45) is 19.6. The Kier molecular flexibility index (Phi) is 15.3. The molecule has 5 aliphatic carbocycles. The van der Waals surface area contributed by atoms with Gasteiger partial charge in [-0.25, -0.2) is 9.59 Å². The number of rotatable bonds is 12. The van der Waals surface area contributed by atoms with Crippen LogP contribution in [0.15, 0.2) is 131 Å². The highest BCUT2D eigenvalue weighted by Gasteiger charge is 2.68. The summed E-state index contributed by atoms with van der Waals surface area (Å²) in [4.78, 5) is 30.5. The van der Waals surface area contributed by atoms with E-state index >= 15 is 9.59 Å². The number of esters is 2. The van der Waals surface area contributed by atoms with E-state index in [1.165, 1.54) is 22.3 Å². The molecule has 0 unspecified atom stereocenters. The minimum atomic E-state index is -0.893. The molecule has 0 radical (unpaired) electrons. The summed E-state index contributed by atoms with van der Waals surface area (Å²) >= 11 is 0. The second-order valence-electron chi connectivity index (χ2n) is 24.6. The Hall–Kier alpha value is -5.62. The van der Waals surface area contributed by atoms with E-state index in [1.54, 1.807) is 6.07 Å². The van der Waals surface area contributed by atoms with Crippen LogP contribution in [0.25, 0.3) is 16.7 Å². The van der Waals surface area contributed by atoms with Crippen molar-refractivity contribution in [1.82, 2.24) is 16.0 Å². The van der Waals surface area contributed by atoms with E-state index in [4.69, 9.17) is 9.47 Å². The molecule has 14 rings (SSSR count). The highest BCUT2D eigenvalue weighted by molar-refractivity contribution is 6.07. The number of aryl methyl sites for hydroxylation is 1. The largest absolute Gasteiger partial charge is 0.508 e. The van der Waals surface area contributed by atoms with Gasteiger partial charge in [-0.3, -0.25) is 0 Å². The fourth-order valence-corrected chi connectivity index (χ4v) is 16.9. The van der Waals surface area contributed by atoms with Gasteiger partial charge in [-0.05, 0) is 251 Å². The number of phenols is 1. The number of carbonyl (C=O) groups excluding carboxylic acids is 2. The number of nitrogens with one attached hydrogen (secondary N) is 3. The van der Waals surface area contributed by atoms with Gasteiger partial charge in [0.2, 0.25) is 0 Å². The minimum absolute atomic E-state index is 0.0399. The zero-order chi connectivity index (χ0) is 53.5. The first kappa shape index (κ1) is 53.0. The summed E-state index contributed by atoms with van der Waals surface area (Å²) in [5, 5.41) is 42.9. The summed E-state index contributed by atoms with van der Waals surface area (Å²) in [5.74, 6) is 1.96. The monoisotopic (exact) mass is 1050 g/mol. The fraction of sp³-hybridized carbons (Fsp3) is 0.500. The molecule has 4 aromatic rings. The molecule has 2 saturated heterocycles. The van der Waals surface area contributed by atoms with Gasteiger partial charge < -0.3 is 40.7 Å². The summed E-state index contributed by atoms with van der Waals surface area (Å²) in [6, 6.07) is 31.9. The van der Waals surface area contributed by atoms with Crippen molar-refractivity contribution < 1.29 is 34.4 Å². The lowest BCUT2D eigenvalue weighted by atomic mass is 9.44. The third-order valence-electron chi connectivity index (χ3n) is 20.5. The van der Waals surface area contributed by atoms with Crippen LogP contribution in [0.2, 0.25) is 0 Å². The minimum Gasteiger partial charge on any atom is -0.508 e. The lowest BCUT2D eigenvalue weighted by molar-refractivity contribution is -0.135. The van der Waals surface area contributed by atoms with Crippen LogP contribution in [0.3, 0.4) is 0 Å². The van der Waals surface area contributed by atoms with Gasteiger partial charge in [0.05, 0.1) is 17.2 Å². The van der Waals surface area contributed by atoms with Crippen LogP contribution in [0.5, 0.6) is 5.75 Å². The summed E-state index contributed by atoms with van der Waals surface area (Å²) in [7, 11) is 2.05. The summed E-state index contributed by atoms with van der Waals surface area (Å²) < 4.78 is 13.4. The molecule has 14 bridgehead atoms. The van der Waals surface area contributed by atoms with Crippen LogP contribution < -0.4 is 16.0 Å². The number of aliphatic hydroxyl groups excluding tert-OH is 2. The van der Waals surface area contributed by atoms with E-state index in [9.17, 15) is 15.3 Å². The summed E-state index contributed by atoms with van der Waals surface area (Å²) in [6.45, 7) is 4.96. The van der Waals surface area contributed by atoms with Crippen molar-refractivity contribution in [2.24, 2.45) is 52.3 Å². The highest BCUT2D eigenvalue weighted by atomic mass is 16.6. The second kappa shape index (κ2) is 22.5. The first-order valence-electron chi connectivity index (χ1n) is 29.9. The van der Waals surface area contributed by atoms with Gasteiger partial charge in [-0.1, -0.05) is 79.7 Å². The van der Waals surface area contributed by atoms with Crippen molar-refractivity contribution in [3.05, 3.63) is 165 Å². The molecule has 0 amide bonds. The maximum Gasteiger partial charge on any atom is 0.340 e. The quantitative estimate of drug-likeness (QED) is 0.0757. The Labute approximate surface area is 461 Å². The van der Waals surface area contributed by atoms with E-state index in [0.29, 0.717) is 54.2 Å². The van der Waals surface area contributed by atoms with Crippen LogP contribution in [0.1, 0.15) is 124 Å². The molecule has 410 valence electrons. The molecule has 78 heavy (non-hydrogen) atoms. The maximum atomic E-state index is 15.3. The van der Waals surface area contributed by atoms with Crippen molar-refractivity contribution in [1.29, 1.82) is 0 Å². The molecule has 2 saturated carbocycles. The zero-order valence-electron chi connectivity index (χ0n) is 46.0. The molecule has 10 aliphatic rings. The van der Waals surface area contributed by atoms with Crippen molar-refractivity contribution in [3.8, 4) is 16.9 Å². The Morgan fingerprint density at radius 2 is 1.72 bits per heavy atom. The number of piperidine rings is 1. The number of carbonyl (C=O) groups is 2. The average molecular weight is 1050 g/mol. The third kappa shape index (κ3) is 9.75. The van der Waals surface area contributed by atoms with Gasteiger partial charge >= 0.3 is 11.9 Å². The van der Waals surface area contributed by atoms with Crippen molar-refractivity contribution in [2.45, 2.75) is 129 Å². The van der Waals surface area contributed by atoms with E-state index in [2.05, 4.69) is 109 Å². The Balaban J connectivity index is 1.03. The van der Waals surface area contributed by atoms with Crippen LogP contribution in [-0.2, 0) is 51.3 Å². The zero-order valence-corrected chi connectivity index (χ0v) is 46.0. The molecular weight excluding hydrogens is 971 g/mol. The third-order valence-corrected chi connectivity index (χ3v) is 20.5. The number of hydrogen-bond acceptors (Lipinski definition) is 10. The smallest absolute Gasteiger partial charge is 0.340 e. The average Bonchev–Trinajstić information content (AvgIpc) is 2.75. The van der Waals surface area contributed by atoms with Crippen LogP contribution in [-0.4, -0.2) is 66.8 Å². The van der Waals surface area contributed by atoms with Crippen molar-refractivity contribution in [2.75, 3.05) is 33.4 Å². The molecule has 10 heteroatoms. The van der Waals surface area contributed by atoms with Gasteiger partial charge in [-0.2, -0.15) is 0 Å². The summed E-state index contributed by atoms with van der Waals surface area (Å²) in [5.41, 5.74) is 11.7. The Bertz CT molecular complexity index is 3050. The van der Waals surface area contributed by atoms with Crippen LogP contribution in [0, 0.1) is 52.3 Å². The number of fused-ring (bicyclic) bond motifs is 5. The molecule has 6 N–H and O–H groups in total. The molecule has 5 aliphatic heterocycles. The lowest BCUT2D eigenvalue weighted by Crippen LogP contribution is -2.52. The lowest BCUT2D eigenvalue weighted by Gasteiger charge is -2.56. The topological polar surface area (TPSA) is 149 Å². The molecule has 5 heterocycles. The maximum absolute atomic E-state index is 15.3. The standard InChI is InChI=1S/C68H81N3O7/c1-3-42(32-43-10-5-4-6-11-43)35-59-68-27-22-54-55-20-21-56-58(77-65(75)62(56)63(55)68)23-26-67(51-25-29-71-60(37-51)69-2)39-48(15-9-31-73)50(40-67)36-49-33-44(16-17-46(49)14-8-30-72)24-28-70-41-45-12-7-13-47(34-45)53-19-18-52(74)38-57(53)61(54)64(68)66(76)78-59/h4-7,10-13,16-19,23,33-35,38,42,48,50-51,54-55,60,63,69-74H,3,8-9,14-15,20-22,24-32,36-37,39-41H2,1-2H3/b58-23?,59-35-/t42-,48+,50+,51+,54+,55-,60-,63+,67-,68+/m0/s1. The molecule has 4 aromatic carbocycles. The molecule has 0 aromatic heterocycles. The van der Waals surface area contributed by atoms with Crippen molar-refractivity contribution in [3.63, 3.8) is 0 Å². The molecular formula is C68H81N3O7. The number of phenolic OH excluding ortho intramolecular Hbond substituents is 1. The molecule has 10 atom stereocenters. The number of hydrogen-bond donors (Lipinski definition) is 6. The number of ether oxygens (including phenoxy) is 2. The van der Waals surface area contributed by atoms with E-state index in [1.807, 2.05) is 18.2 Å². The first-order chi connectivity index (χ1) is 38.1. The van der Waals surface area contributed by atoms with E-state index in [0.717, 1.165) is 148 Å². The number of benzene rings is 4.